The molecule has 6 nitrogen and oxygen atoms in total. The summed E-state index contributed by atoms with van der Waals surface area (Å²) in [5.41, 5.74) is 1.51. The molecule has 2 amide bonds. The molecule has 0 N–H and O–H groups in total. The first kappa shape index (κ1) is 20.5. The molecule has 2 aliphatic rings. The zero-order valence-electron chi connectivity index (χ0n) is 17.2. The summed E-state index contributed by atoms with van der Waals surface area (Å²) in [6.45, 7) is 4.97. The van der Waals surface area contributed by atoms with Gasteiger partial charge in [0.25, 0.3) is 5.91 Å². The van der Waals surface area contributed by atoms with Gasteiger partial charge in [0.15, 0.2) is 11.8 Å². The fourth-order valence-electron chi connectivity index (χ4n) is 3.65. The number of nitrogens with zero attached hydrogens (tertiary/aromatic N) is 3. The van der Waals surface area contributed by atoms with Gasteiger partial charge in [0.1, 0.15) is 5.75 Å². The predicted molar refractivity (Wildman–Crippen MR) is 120 cm³/mol. The van der Waals surface area contributed by atoms with Crippen molar-refractivity contribution in [3.8, 4) is 5.75 Å². The largest absolute Gasteiger partial charge is 0.482 e. The maximum absolute atomic E-state index is 13.2. The SMILES string of the molecule is CC1(C)CSC(=NCc2ccccc2)N1C(=O)CCN1C(=O)COc2ccccc21. The van der Waals surface area contributed by atoms with E-state index in [0.29, 0.717) is 18.8 Å². The van der Waals surface area contributed by atoms with Crippen molar-refractivity contribution in [1.82, 2.24) is 4.90 Å². The van der Waals surface area contributed by atoms with Gasteiger partial charge < -0.3 is 9.64 Å². The van der Waals surface area contributed by atoms with Crippen LogP contribution >= 0.6 is 11.8 Å². The second-order valence-corrected chi connectivity index (χ2v) is 8.91. The van der Waals surface area contributed by atoms with Crippen LogP contribution in [0.15, 0.2) is 59.6 Å². The highest BCUT2D eigenvalue weighted by Gasteiger charge is 2.41. The highest BCUT2D eigenvalue weighted by molar-refractivity contribution is 8.14. The van der Waals surface area contributed by atoms with Crippen LogP contribution in [-0.4, -0.2) is 46.3 Å². The van der Waals surface area contributed by atoms with Crippen LogP contribution in [0.1, 0.15) is 25.8 Å². The number of para-hydroxylation sites is 2. The van der Waals surface area contributed by atoms with Gasteiger partial charge in [-0.05, 0) is 31.5 Å². The summed E-state index contributed by atoms with van der Waals surface area (Å²) in [7, 11) is 0. The Labute approximate surface area is 180 Å². The van der Waals surface area contributed by atoms with Gasteiger partial charge in [-0.15, -0.1) is 0 Å². The van der Waals surface area contributed by atoms with Crippen molar-refractivity contribution < 1.29 is 14.3 Å². The van der Waals surface area contributed by atoms with E-state index in [1.165, 1.54) is 0 Å². The van der Waals surface area contributed by atoms with Crippen LogP contribution in [0.3, 0.4) is 0 Å². The molecule has 1 fully saturated rings. The van der Waals surface area contributed by atoms with Crippen molar-refractivity contribution in [3.05, 3.63) is 60.2 Å². The van der Waals surface area contributed by atoms with Crippen LogP contribution < -0.4 is 9.64 Å². The number of amides is 2. The van der Waals surface area contributed by atoms with Crippen molar-refractivity contribution in [3.63, 3.8) is 0 Å². The smallest absolute Gasteiger partial charge is 0.265 e. The molecule has 1 saturated heterocycles. The average Bonchev–Trinajstić information content (AvgIpc) is 3.06. The predicted octanol–water partition coefficient (Wildman–Crippen LogP) is 3.71. The minimum Gasteiger partial charge on any atom is -0.482 e. The molecule has 2 aromatic rings. The molecule has 2 aromatic carbocycles. The third-order valence-corrected chi connectivity index (χ3v) is 6.62. The van der Waals surface area contributed by atoms with E-state index in [1.54, 1.807) is 21.6 Å². The number of amidine groups is 1. The molecule has 0 spiro atoms. The van der Waals surface area contributed by atoms with E-state index in [2.05, 4.69) is 13.8 Å². The molecule has 30 heavy (non-hydrogen) atoms. The number of fused-ring (bicyclic) bond motifs is 1. The minimum atomic E-state index is -0.315. The lowest BCUT2D eigenvalue weighted by atomic mass is 10.1. The molecule has 0 saturated carbocycles. The van der Waals surface area contributed by atoms with E-state index in [9.17, 15) is 9.59 Å². The summed E-state index contributed by atoms with van der Waals surface area (Å²) >= 11 is 1.61. The quantitative estimate of drug-likeness (QED) is 0.736. The molecule has 156 valence electrons. The van der Waals surface area contributed by atoms with Crippen LogP contribution in [0.2, 0.25) is 0 Å². The Morgan fingerprint density at radius 3 is 2.67 bits per heavy atom. The van der Waals surface area contributed by atoms with Crippen molar-refractivity contribution in [2.75, 3.05) is 23.8 Å². The summed E-state index contributed by atoms with van der Waals surface area (Å²) in [5, 5.41) is 0.752. The highest BCUT2D eigenvalue weighted by Crippen LogP contribution is 2.35. The molecule has 0 unspecified atom stereocenters. The van der Waals surface area contributed by atoms with Gasteiger partial charge >= 0.3 is 0 Å². The molecule has 0 aromatic heterocycles. The number of ether oxygens (including phenoxy) is 1. The van der Waals surface area contributed by atoms with Gasteiger partial charge in [0, 0.05) is 18.7 Å². The van der Waals surface area contributed by atoms with Gasteiger partial charge in [-0.25, -0.2) is 0 Å². The lowest BCUT2D eigenvalue weighted by Crippen LogP contribution is -2.48. The van der Waals surface area contributed by atoms with Gasteiger partial charge in [0.2, 0.25) is 5.91 Å². The fourth-order valence-corrected chi connectivity index (χ4v) is 4.90. The number of thioether (sulfide) groups is 1. The average molecular weight is 424 g/mol. The molecule has 4 rings (SSSR count). The second-order valence-electron chi connectivity index (χ2n) is 7.97. The monoisotopic (exact) mass is 423 g/mol. The topological polar surface area (TPSA) is 62.2 Å². The van der Waals surface area contributed by atoms with Gasteiger partial charge in [0.05, 0.1) is 17.8 Å². The van der Waals surface area contributed by atoms with E-state index >= 15 is 0 Å². The molecular weight excluding hydrogens is 398 g/mol. The Kier molecular flexibility index (Phi) is 5.81. The first-order chi connectivity index (χ1) is 14.5. The summed E-state index contributed by atoms with van der Waals surface area (Å²) < 4.78 is 5.49. The first-order valence-electron chi connectivity index (χ1n) is 10.0. The van der Waals surface area contributed by atoms with Crippen molar-refractivity contribution in [2.45, 2.75) is 32.4 Å². The zero-order chi connectivity index (χ0) is 21.1. The maximum Gasteiger partial charge on any atom is 0.265 e. The lowest BCUT2D eigenvalue weighted by molar-refractivity contribution is -0.130. The Balaban J connectivity index is 1.48. The number of rotatable bonds is 5. The normalized spacial score (nSPS) is 19.0. The molecule has 0 atom stereocenters. The fraction of sp³-hybridized carbons (Fsp3) is 0.348. The molecular formula is C23H25N3O3S. The van der Waals surface area contributed by atoms with Gasteiger partial charge in [-0.2, -0.15) is 0 Å². The first-order valence-corrected chi connectivity index (χ1v) is 11.0. The number of anilines is 1. The van der Waals surface area contributed by atoms with Gasteiger partial charge in [-0.3, -0.25) is 19.5 Å². The summed E-state index contributed by atoms with van der Waals surface area (Å²) in [6, 6.07) is 17.4. The van der Waals surface area contributed by atoms with E-state index in [-0.39, 0.29) is 30.4 Å². The molecule has 0 aliphatic carbocycles. The minimum absolute atomic E-state index is 0.0000466. The molecule has 7 heteroatoms. The number of carbonyl (C=O) groups is 2. The molecule has 0 radical (unpaired) electrons. The zero-order valence-corrected chi connectivity index (χ0v) is 18.0. The number of aliphatic imine (C=N–C) groups is 1. The third kappa shape index (κ3) is 4.21. The van der Waals surface area contributed by atoms with E-state index in [1.807, 2.05) is 54.6 Å². The van der Waals surface area contributed by atoms with Crippen LogP contribution in [0.25, 0.3) is 0 Å². The van der Waals surface area contributed by atoms with E-state index in [0.717, 1.165) is 22.2 Å². The maximum atomic E-state index is 13.2. The Bertz CT molecular complexity index is 975. The number of benzene rings is 2. The lowest BCUT2D eigenvalue weighted by Gasteiger charge is -2.32. The molecule has 2 heterocycles. The Morgan fingerprint density at radius 2 is 1.87 bits per heavy atom. The third-order valence-electron chi connectivity index (χ3n) is 5.20. The van der Waals surface area contributed by atoms with Crippen LogP contribution in [0.5, 0.6) is 5.75 Å². The Hall–Kier alpha value is -2.80. The summed E-state index contributed by atoms with van der Waals surface area (Å²) in [6.07, 6.45) is 0.231. The summed E-state index contributed by atoms with van der Waals surface area (Å²) in [4.78, 5) is 33.8. The van der Waals surface area contributed by atoms with Crippen LogP contribution in [0.4, 0.5) is 5.69 Å². The summed E-state index contributed by atoms with van der Waals surface area (Å²) in [5.74, 6) is 1.32. The van der Waals surface area contributed by atoms with Crippen molar-refractivity contribution >= 4 is 34.4 Å². The van der Waals surface area contributed by atoms with Crippen LogP contribution in [0, 0.1) is 0 Å². The number of carbonyl (C=O) groups excluding carboxylic acids is 2. The highest BCUT2D eigenvalue weighted by atomic mass is 32.2. The number of hydrogen-bond acceptors (Lipinski definition) is 5. The van der Waals surface area contributed by atoms with Crippen molar-refractivity contribution in [1.29, 1.82) is 0 Å². The molecule has 2 aliphatic heterocycles. The standard InChI is InChI=1S/C23H25N3O3S/c1-23(2)16-30-22(24-14-17-8-4-3-5-9-17)26(23)20(27)12-13-25-18-10-6-7-11-19(18)29-15-21(25)28/h3-11H,12-16H2,1-2H3. The second kappa shape index (κ2) is 8.52. The Morgan fingerprint density at radius 1 is 1.13 bits per heavy atom. The number of hydrogen-bond donors (Lipinski definition) is 0. The molecule has 0 bridgehead atoms. The van der Waals surface area contributed by atoms with E-state index in [4.69, 9.17) is 9.73 Å². The van der Waals surface area contributed by atoms with Crippen LogP contribution in [-0.2, 0) is 16.1 Å². The van der Waals surface area contributed by atoms with Crippen molar-refractivity contribution in [2.24, 2.45) is 4.99 Å². The van der Waals surface area contributed by atoms with E-state index < -0.39 is 0 Å². The van der Waals surface area contributed by atoms with Gasteiger partial charge in [-0.1, -0.05) is 54.2 Å².